The van der Waals surface area contributed by atoms with Crippen molar-refractivity contribution in [2.45, 2.75) is 40.0 Å². The number of nitrogens with one attached hydrogen (secondary N) is 2. The van der Waals surface area contributed by atoms with Crippen LogP contribution in [0.4, 0.5) is 5.69 Å². The Morgan fingerprint density at radius 3 is 2.68 bits per heavy atom. The zero-order valence-electron chi connectivity index (χ0n) is 17.8. The van der Waals surface area contributed by atoms with E-state index in [0.29, 0.717) is 17.8 Å². The van der Waals surface area contributed by atoms with Crippen LogP contribution in [0.15, 0.2) is 52.1 Å². The highest BCUT2D eigenvalue weighted by atomic mass is 16.4. The summed E-state index contributed by atoms with van der Waals surface area (Å²) in [5, 5.41) is 7.28. The summed E-state index contributed by atoms with van der Waals surface area (Å²) in [6.45, 7) is 5.78. The molecule has 0 saturated heterocycles. The molecule has 0 spiro atoms. The Kier molecular flexibility index (Phi) is 5.66. The number of anilines is 1. The predicted octanol–water partition coefficient (Wildman–Crippen LogP) is 4.32. The van der Waals surface area contributed by atoms with Crippen LogP contribution in [0.25, 0.3) is 0 Å². The van der Waals surface area contributed by atoms with Gasteiger partial charge in [0.1, 0.15) is 11.5 Å². The average molecular weight is 416 g/mol. The van der Waals surface area contributed by atoms with Crippen LogP contribution in [-0.2, 0) is 6.42 Å². The quantitative estimate of drug-likeness (QED) is 0.619. The standard InChI is InChI=1S/C24H24N4O3/c1-14-10-11-15(2)19(13-14)26-24(30)22-16(3)21-17(8-6-9-20(21)31-22)27-28-23(29)18-7-4-5-12-25-18/h4-5,7,10-13H,6,8-9H2,1-3H3,(H,26,30)(H,28,29)/b27-17+. The summed E-state index contributed by atoms with van der Waals surface area (Å²) in [5.74, 6) is 0.323. The Bertz CT molecular complexity index is 1180. The molecule has 0 unspecified atom stereocenters. The van der Waals surface area contributed by atoms with Gasteiger partial charge in [0.25, 0.3) is 11.8 Å². The van der Waals surface area contributed by atoms with Crippen LogP contribution in [0.1, 0.15) is 61.9 Å². The summed E-state index contributed by atoms with van der Waals surface area (Å²) in [5.41, 5.74) is 7.90. The fourth-order valence-corrected chi connectivity index (χ4v) is 3.72. The Labute approximate surface area is 180 Å². The van der Waals surface area contributed by atoms with Crippen molar-refractivity contribution in [1.29, 1.82) is 0 Å². The number of fused-ring (bicyclic) bond motifs is 1. The molecule has 0 bridgehead atoms. The highest BCUT2D eigenvalue weighted by Crippen LogP contribution is 2.30. The number of aromatic nitrogens is 1. The lowest BCUT2D eigenvalue weighted by Gasteiger charge is -2.13. The molecule has 1 aromatic carbocycles. The molecular weight excluding hydrogens is 392 g/mol. The summed E-state index contributed by atoms with van der Waals surface area (Å²) in [6, 6.07) is 11.0. The van der Waals surface area contributed by atoms with Crippen molar-refractivity contribution in [3.63, 3.8) is 0 Å². The van der Waals surface area contributed by atoms with Gasteiger partial charge in [0.05, 0.1) is 5.71 Å². The monoisotopic (exact) mass is 416 g/mol. The number of carbonyl (C=O) groups excluding carboxylic acids is 2. The molecule has 7 heteroatoms. The minimum atomic E-state index is -0.380. The normalized spacial score (nSPS) is 14.2. The van der Waals surface area contributed by atoms with Crippen molar-refractivity contribution < 1.29 is 14.0 Å². The number of hydrogen-bond donors (Lipinski definition) is 2. The van der Waals surface area contributed by atoms with Gasteiger partial charge < -0.3 is 9.73 Å². The molecule has 1 aliphatic carbocycles. The van der Waals surface area contributed by atoms with Gasteiger partial charge in [0.15, 0.2) is 5.76 Å². The first-order chi connectivity index (χ1) is 14.9. The molecule has 1 aliphatic rings. The maximum absolute atomic E-state index is 13.0. The van der Waals surface area contributed by atoms with Gasteiger partial charge >= 0.3 is 0 Å². The van der Waals surface area contributed by atoms with E-state index in [1.165, 1.54) is 0 Å². The second-order valence-corrected chi connectivity index (χ2v) is 7.69. The van der Waals surface area contributed by atoms with Gasteiger partial charge in [0, 0.05) is 29.4 Å². The molecule has 0 radical (unpaired) electrons. The molecule has 31 heavy (non-hydrogen) atoms. The number of pyridine rings is 1. The fraction of sp³-hybridized carbons (Fsp3) is 0.250. The minimum absolute atomic E-state index is 0.275. The largest absolute Gasteiger partial charge is 0.455 e. The third-order valence-corrected chi connectivity index (χ3v) is 5.36. The minimum Gasteiger partial charge on any atom is -0.455 e. The molecule has 2 N–H and O–H groups in total. The molecule has 2 heterocycles. The molecule has 7 nitrogen and oxygen atoms in total. The molecule has 3 aromatic rings. The smallest absolute Gasteiger partial charge is 0.291 e. The van der Waals surface area contributed by atoms with Gasteiger partial charge in [-0.25, -0.2) is 5.43 Å². The molecule has 0 aliphatic heterocycles. The van der Waals surface area contributed by atoms with Gasteiger partial charge in [-0.05, 0) is 62.9 Å². The second-order valence-electron chi connectivity index (χ2n) is 7.69. The second kappa shape index (κ2) is 8.55. The van der Waals surface area contributed by atoms with E-state index in [-0.39, 0.29) is 17.6 Å². The maximum Gasteiger partial charge on any atom is 0.291 e. The number of amides is 2. The van der Waals surface area contributed by atoms with Crippen molar-refractivity contribution in [3.05, 3.63) is 82.1 Å². The van der Waals surface area contributed by atoms with Crippen LogP contribution in [0, 0.1) is 20.8 Å². The fourth-order valence-electron chi connectivity index (χ4n) is 3.72. The van der Waals surface area contributed by atoms with Crippen LogP contribution < -0.4 is 10.7 Å². The molecular formula is C24H24N4O3. The van der Waals surface area contributed by atoms with E-state index >= 15 is 0 Å². The molecule has 158 valence electrons. The zero-order chi connectivity index (χ0) is 22.0. The number of furan rings is 1. The van der Waals surface area contributed by atoms with E-state index in [2.05, 4.69) is 20.8 Å². The maximum atomic E-state index is 13.0. The van der Waals surface area contributed by atoms with Crippen LogP contribution in [0.2, 0.25) is 0 Å². The highest BCUT2D eigenvalue weighted by Gasteiger charge is 2.28. The van der Waals surface area contributed by atoms with E-state index in [1.54, 1.807) is 24.4 Å². The number of hydrazone groups is 1. The Hall–Kier alpha value is -3.74. The summed E-state index contributed by atoms with van der Waals surface area (Å²) in [4.78, 5) is 29.3. The molecule has 0 fully saturated rings. The van der Waals surface area contributed by atoms with Gasteiger partial charge in [0.2, 0.25) is 0 Å². The number of benzene rings is 1. The van der Waals surface area contributed by atoms with Crippen molar-refractivity contribution >= 4 is 23.2 Å². The van der Waals surface area contributed by atoms with Gasteiger partial charge in [-0.1, -0.05) is 18.2 Å². The third kappa shape index (κ3) is 4.26. The lowest BCUT2D eigenvalue weighted by molar-refractivity contribution is 0.0948. The summed E-state index contributed by atoms with van der Waals surface area (Å²) >= 11 is 0. The van der Waals surface area contributed by atoms with Gasteiger partial charge in [-0.3, -0.25) is 14.6 Å². The first-order valence-electron chi connectivity index (χ1n) is 10.2. The summed E-state index contributed by atoms with van der Waals surface area (Å²) in [6.07, 6.45) is 3.80. The van der Waals surface area contributed by atoms with Gasteiger partial charge in [-0.15, -0.1) is 0 Å². The van der Waals surface area contributed by atoms with Crippen molar-refractivity contribution in [1.82, 2.24) is 10.4 Å². The van der Waals surface area contributed by atoms with E-state index < -0.39 is 0 Å². The lowest BCUT2D eigenvalue weighted by atomic mass is 9.93. The predicted molar refractivity (Wildman–Crippen MR) is 118 cm³/mol. The Balaban J connectivity index is 1.59. The Morgan fingerprint density at radius 2 is 1.90 bits per heavy atom. The zero-order valence-corrected chi connectivity index (χ0v) is 17.8. The average Bonchev–Trinajstić information content (AvgIpc) is 3.12. The molecule has 0 atom stereocenters. The van der Waals surface area contributed by atoms with E-state index in [1.807, 2.05) is 39.0 Å². The number of nitrogens with zero attached hydrogens (tertiary/aromatic N) is 2. The highest BCUT2D eigenvalue weighted by molar-refractivity contribution is 6.09. The topological polar surface area (TPSA) is 96.6 Å². The Morgan fingerprint density at radius 1 is 1.06 bits per heavy atom. The van der Waals surface area contributed by atoms with Crippen molar-refractivity contribution in [3.8, 4) is 0 Å². The summed E-state index contributed by atoms with van der Waals surface area (Å²) in [7, 11) is 0. The van der Waals surface area contributed by atoms with E-state index in [0.717, 1.165) is 46.5 Å². The summed E-state index contributed by atoms with van der Waals surface area (Å²) < 4.78 is 5.94. The third-order valence-electron chi connectivity index (χ3n) is 5.36. The first kappa shape index (κ1) is 20.5. The molecule has 2 aromatic heterocycles. The van der Waals surface area contributed by atoms with Crippen molar-refractivity contribution in [2.75, 3.05) is 5.32 Å². The lowest BCUT2D eigenvalue weighted by Crippen LogP contribution is -2.22. The number of rotatable bonds is 4. The van der Waals surface area contributed by atoms with Crippen LogP contribution in [0.5, 0.6) is 0 Å². The van der Waals surface area contributed by atoms with Crippen LogP contribution >= 0.6 is 0 Å². The molecule has 2 amide bonds. The number of carbonyl (C=O) groups is 2. The van der Waals surface area contributed by atoms with Crippen molar-refractivity contribution in [2.24, 2.45) is 5.10 Å². The number of hydrogen-bond acceptors (Lipinski definition) is 5. The van der Waals surface area contributed by atoms with Crippen LogP contribution in [0.3, 0.4) is 0 Å². The van der Waals surface area contributed by atoms with Crippen LogP contribution in [-0.4, -0.2) is 22.5 Å². The molecule has 0 saturated carbocycles. The first-order valence-corrected chi connectivity index (χ1v) is 10.2. The SMILES string of the molecule is Cc1ccc(C)c(NC(=O)c2oc3c(c2C)/C(=N/NC(=O)c2ccccn2)CCC3)c1. The van der Waals surface area contributed by atoms with Gasteiger partial charge in [-0.2, -0.15) is 5.10 Å². The van der Waals surface area contributed by atoms with E-state index in [9.17, 15) is 9.59 Å². The number of aryl methyl sites for hydroxylation is 3. The molecule has 4 rings (SSSR count). The van der Waals surface area contributed by atoms with E-state index in [4.69, 9.17) is 4.42 Å².